The maximum absolute atomic E-state index is 12.3. The number of carbonyl (C=O) groups excluding carboxylic acids is 4. The van der Waals surface area contributed by atoms with Crippen LogP contribution in [0.4, 0.5) is 11.4 Å². The number of carbonyl (C=O) groups is 4. The standard InChI is InChI=1S/C22H20Br2Cl2N2O8/c1-9(29)27-17-13(25)7-11(21(31)33-3)19(15(17)23)35-5-6-36-20-12(22(32)34-4)8-14(26)18(16(20)24)28-10(2)30/h7-8H,5-6H2,1-4H3,(H,27,29)(H,28,30). The summed E-state index contributed by atoms with van der Waals surface area (Å²) in [6.07, 6.45) is 0. The summed E-state index contributed by atoms with van der Waals surface area (Å²) >= 11 is 19.0. The van der Waals surface area contributed by atoms with Crippen LogP contribution in [0.3, 0.4) is 0 Å². The molecule has 0 aliphatic carbocycles. The predicted octanol–water partition coefficient (Wildman–Crippen LogP) is 5.47. The SMILES string of the molecule is COC(=O)c1cc(Cl)c(NC(C)=O)c(Br)c1OCCOc1c(C(=O)OC)cc(Cl)c(NC(C)=O)c1Br. The largest absolute Gasteiger partial charge is 0.488 e. The molecule has 0 fully saturated rings. The summed E-state index contributed by atoms with van der Waals surface area (Å²) in [4.78, 5) is 47.7. The van der Waals surface area contributed by atoms with Gasteiger partial charge in [-0.3, -0.25) is 9.59 Å². The molecule has 2 aromatic carbocycles. The second kappa shape index (κ2) is 13.1. The molecule has 2 rings (SSSR count). The van der Waals surface area contributed by atoms with E-state index in [4.69, 9.17) is 42.1 Å². The van der Waals surface area contributed by atoms with E-state index in [-0.39, 0.29) is 66.2 Å². The van der Waals surface area contributed by atoms with E-state index in [0.29, 0.717) is 0 Å². The molecule has 0 radical (unpaired) electrons. The van der Waals surface area contributed by atoms with Crippen molar-refractivity contribution >= 4 is 90.2 Å². The summed E-state index contributed by atoms with van der Waals surface area (Å²) in [5.41, 5.74) is 0.390. The number of amides is 2. The van der Waals surface area contributed by atoms with Crippen molar-refractivity contribution in [2.75, 3.05) is 38.1 Å². The lowest BCUT2D eigenvalue weighted by molar-refractivity contribution is -0.115. The Bertz CT molecular complexity index is 1130. The average molecular weight is 671 g/mol. The summed E-state index contributed by atoms with van der Waals surface area (Å²) in [6, 6.07) is 2.59. The minimum atomic E-state index is -0.726. The number of hydrogen-bond acceptors (Lipinski definition) is 8. The molecule has 194 valence electrons. The zero-order valence-corrected chi connectivity index (χ0v) is 24.0. The molecule has 0 saturated carbocycles. The number of esters is 2. The molecule has 0 atom stereocenters. The second-order valence-electron chi connectivity index (χ2n) is 6.89. The van der Waals surface area contributed by atoms with Gasteiger partial charge in [-0.1, -0.05) is 23.2 Å². The number of nitrogens with one attached hydrogen (secondary N) is 2. The lowest BCUT2D eigenvalue weighted by atomic mass is 10.1. The molecule has 0 unspecified atom stereocenters. The first kappa shape index (κ1) is 29.7. The zero-order chi connectivity index (χ0) is 27.2. The molecule has 14 heteroatoms. The normalized spacial score (nSPS) is 10.3. The number of methoxy groups -OCH3 is 2. The van der Waals surface area contributed by atoms with Gasteiger partial charge in [0.05, 0.1) is 44.6 Å². The van der Waals surface area contributed by atoms with Gasteiger partial charge in [-0.25, -0.2) is 9.59 Å². The van der Waals surface area contributed by atoms with Gasteiger partial charge < -0.3 is 29.6 Å². The van der Waals surface area contributed by atoms with Crippen molar-refractivity contribution in [3.05, 3.63) is 42.3 Å². The first-order chi connectivity index (χ1) is 16.9. The average Bonchev–Trinajstić information content (AvgIpc) is 2.82. The summed E-state index contributed by atoms with van der Waals surface area (Å²) in [5.74, 6) is -2.15. The van der Waals surface area contributed by atoms with Crippen LogP contribution >= 0.6 is 55.1 Å². The maximum atomic E-state index is 12.3. The van der Waals surface area contributed by atoms with Crippen molar-refractivity contribution in [3.63, 3.8) is 0 Å². The topological polar surface area (TPSA) is 129 Å². The molecule has 0 saturated heterocycles. The Morgan fingerprint density at radius 2 is 1.08 bits per heavy atom. The first-order valence-electron chi connectivity index (χ1n) is 9.94. The molecule has 2 amide bonds. The van der Waals surface area contributed by atoms with Gasteiger partial charge in [0.2, 0.25) is 11.8 Å². The maximum Gasteiger partial charge on any atom is 0.341 e. The highest BCUT2D eigenvalue weighted by molar-refractivity contribution is 9.11. The van der Waals surface area contributed by atoms with Crippen molar-refractivity contribution in [1.29, 1.82) is 0 Å². The van der Waals surface area contributed by atoms with Crippen LogP contribution in [0.25, 0.3) is 0 Å². The molecule has 0 heterocycles. The smallest absolute Gasteiger partial charge is 0.341 e. The minimum Gasteiger partial charge on any atom is -0.488 e. The Kier molecular flexibility index (Phi) is 10.8. The van der Waals surface area contributed by atoms with Gasteiger partial charge in [0, 0.05) is 13.8 Å². The quantitative estimate of drug-likeness (QED) is 0.266. The van der Waals surface area contributed by atoms with Gasteiger partial charge in [0.1, 0.15) is 35.8 Å². The summed E-state index contributed by atoms with van der Waals surface area (Å²) < 4.78 is 21.5. The van der Waals surface area contributed by atoms with E-state index in [1.165, 1.54) is 40.2 Å². The summed E-state index contributed by atoms with van der Waals surface area (Å²) in [7, 11) is 2.38. The van der Waals surface area contributed by atoms with Gasteiger partial charge in [-0.05, 0) is 44.0 Å². The molecule has 2 aromatic rings. The molecular formula is C22H20Br2Cl2N2O8. The highest BCUT2D eigenvalue weighted by Gasteiger charge is 2.25. The van der Waals surface area contributed by atoms with Crippen LogP contribution in [0.15, 0.2) is 21.1 Å². The van der Waals surface area contributed by atoms with E-state index < -0.39 is 23.8 Å². The highest BCUT2D eigenvalue weighted by atomic mass is 79.9. The summed E-state index contributed by atoms with van der Waals surface area (Å²) in [5, 5.41) is 5.28. The molecule has 0 aliphatic heterocycles. The zero-order valence-electron chi connectivity index (χ0n) is 19.3. The van der Waals surface area contributed by atoms with E-state index in [1.54, 1.807) is 0 Å². The molecule has 0 spiro atoms. The third-order valence-electron chi connectivity index (χ3n) is 4.34. The fourth-order valence-corrected chi connectivity index (χ4v) is 4.89. The third-order valence-corrected chi connectivity index (χ3v) is 6.44. The third kappa shape index (κ3) is 7.02. The molecule has 2 N–H and O–H groups in total. The van der Waals surface area contributed by atoms with Gasteiger partial charge in [-0.15, -0.1) is 0 Å². The van der Waals surface area contributed by atoms with Gasteiger partial charge >= 0.3 is 11.9 Å². The van der Waals surface area contributed by atoms with Crippen LogP contribution in [-0.2, 0) is 19.1 Å². The number of anilines is 2. The van der Waals surface area contributed by atoms with Crippen LogP contribution in [-0.4, -0.2) is 51.2 Å². The van der Waals surface area contributed by atoms with E-state index in [0.717, 1.165) is 0 Å². The van der Waals surface area contributed by atoms with Gasteiger partial charge in [-0.2, -0.15) is 0 Å². The van der Waals surface area contributed by atoms with Crippen molar-refractivity contribution in [2.24, 2.45) is 0 Å². The summed E-state index contributed by atoms with van der Waals surface area (Å²) in [6.45, 7) is 2.33. The second-order valence-corrected chi connectivity index (χ2v) is 9.29. The molecule has 0 aliphatic rings. The van der Waals surface area contributed by atoms with E-state index >= 15 is 0 Å². The predicted molar refractivity (Wildman–Crippen MR) is 141 cm³/mol. The molecule has 0 aromatic heterocycles. The van der Waals surface area contributed by atoms with E-state index in [1.807, 2.05) is 0 Å². The van der Waals surface area contributed by atoms with Crippen molar-refractivity contribution in [2.45, 2.75) is 13.8 Å². The lowest BCUT2D eigenvalue weighted by Crippen LogP contribution is -2.16. The minimum absolute atomic E-state index is 0.000607. The number of rotatable bonds is 9. The Labute approximate surface area is 233 Å². The van der Waals surface area contributed by atoms with Crippen molar-refractivity contribution in [1.82, 2.24) is 0 Å². The highest BCUT2D eigenvalue weighted by Crippen LogP contribution is 2.43. The van der Waals surface area contributed by atoms with Crippen molar-refractivity contribution in [3.8, 4) is 11.5 Å². The molecule has 10 nitrogen and oxygen atoms in total. The number of ether oxygens (including phenoxy) is 4. The number of benzene rings is 2. The fraction of sp³-hybridized carbons (Fsp3) is 0.273. The monoisotopic (exact) mass is 668 g/mol. The Morgan fingerprint density at radius 1 is 0.750 bits per heavy atom. The van der Waals surface area contributed by atoms with Crippen LogP contribution in [0.5, 0.6) is 11.5 Å². The first-order valence-corrected chi connectivity index (χ1v) is 12.3. The van der Waals surface area contributed by atoms with E-state index in [2.05, 4.69) is 42.5 Å². The van der Waals surface area contributed by atoms with Crippen LogP contribution in [0, 0.1) is 0 Å². The number of hydrogen-bond donors (Lipinski definition) is 2. The molecular weight excluding hydrogens is 651 g/mol. The Balaban J connectivity index is 2.37. The van der Waals surface area contributed by atoms with Crippen LogP contribution < -0.4 is 20.1 Å². The molecule has 0 bridgehead atoms. The Hall–Kier alpha value is -2.54. The van der Waals surface area contributed by atoms with E-state index in [9.17, 15) is 19.2 Å². The Morgan fingerprint density at radius 3 is 1.36 bits per heavy atom. The number of halogens is 4. The van der Waals surface area contributed by atoms with Crippen LogP contribution in [0.1, 0.15) is 34.6 Å². The fourth-order valence-electron chi connectivity index (χ4n) is 2.88. The lowest BCUT2D eigenvalue weighted by Gasteiger charge is -2.19. The van der Waals surface area contributed by atoms with Crippen molar-refractivity contribution < 1.29 is 38.1 Å². The van der Waals surface area contributed by atoms with Gasteiger partial charge in [0.15, 0.2) is 0 Å². The van der Waals surface area contributed by atoms with Crippen LogP contribution in [0.2, 0.25) is 10.0 Å². The molecule has 36 heavy (non-hydrogen) atoms. The van der Waals surface area contributed by atoms with Gasteiger partial charge in [0.25, 0.3) is 0 Å².